The Kier molecular flexibility index (Phi) is 3.94. The molecule has 0 aliphatic heterocycles. The molecule has 0 fully saturated rings. The van der Waals surface area contributed by atoms with Crippen molar-refractivity contribution < 1.29 is 9.53 Å². The Hall–Kier alpha value is -0.790. The highest BCUT2D eigenvalue weighted by molar-refractivity contribution is 5.81. The fourth-order valence-electron chi connectivity index (χ4n) is 0.232. The van der Waals surface area contributed by atoms with Crippen molar-refractivity contribution in [3.8, 4) is 0 Å². The van der Waals surface area contributed by atoms with Gasteiger partial charge in [-0.25, -0.2) is 4.79 Å². The zero-order valence-corrected chi connectivity index (χ0v) is 4.72. The lowest BCUT2D eigenvalue weighted by Crippen LogP contribution is -1.99. The minimum Gasteiger partial charge on any atom is -0.463 e. The molecule has 0 aromatic carbocycles. The second kappa shape index (κ2) is 4.37. The SMILES string of the molecule is [CH2]CCOC(=O)C=C. The molecule has 45 valence electrons. The number of ether oxygens (including phenoxy) is 1. The maximum atomic E-state index is 10.2. The highest BCUT2D eigenvalue weighted by Gasteiger charge is 1.89. The van der Waals surface area contributed by atoms with Crippen LogP contribution in [0.3, 0.4) is 0 Å². The van der Waals surface area contributed by atoms with Crippen molar-refractivity contribution in [2.24, 2.45) is 0 Å². The van der Waals surface area contributed by atoms with Gasteiger partial charge in [-0.3, -0.25) is 0 Å². The van der Waals surface area contributed by atoms with E-state index in [1.54, 1.807) is 0 Å². The number of esters is 1. The molecule has 0 saturated carbocycles. The van der Waals surface area contributed by atoms with Crippen LogP contribution >= 0.6 is 0 Å². The molecule has 0 aliphatic rings. The molecule has 0 rings (SSSR count). The summed E-state index contributed by atoms with van der Waals surface area (Å²) in [5.41, 5.74) is 0. The first kappa shape index (κ1) is 7.21. The molecule has 2 heteroatoms. The third kappa shape index (κ3) is 3.40. The second-order valence-electron chi connectivity index (χ2n) is 1.23. The van der Waals surface area contributed by atoms with Crippen LogP contribution in [0.4, 0.5) is 0 Å². The van der Waals surface area contributed by atoms with E-state index in [0.29, 0.717) is 13.0 Å². The molecule has 0 amide bonds. The molecule has 0 aliphatic carbocycles. The number of rotatable bonds is 3. The molecule has 0 heterocycles. The monoisotopic (exact) mass is 113 g/mol. The minimum atomic E-state index is -0.381. The fraction of sp³-hybridized carbons (Fsp3) is 0.333. The first-order chi connectivity index (χ1) is 3.81. The fourth-order valence-corrected chi connectivity index (χ4v) is 0.232. The Bertz CT molecular complexity index is 86.5. The van der Waals surface area contributed by atoms with Gasteiger partial charge in [-0.1, -0.05) is 6.58 Å². The van der Waals surface area contributed by atoms with E-state index in [4.69, 9.17) is 0 Å². The van der Waals surface area contributed by atoms with E-state index in [9.17, 15) is 4.79 Å². The molecular formula is C6H9O2. The largest absolute Gasteiger partial charge is 0.463 e. The molecular weight excluding hydrogens is 104 g/mol. The van der Waals surface area contributed by atoms with Crippen LogP contribution in [-0.2, 0) is 9.53 Å². The van der Waals surface area contributed by atoms with Gasteiger partial charge in [0.25, 0.3) is 0 Å². The molecule has 8 heavy (non-hydrogen) atoms. The van der Waals surface area contributed by atoms with Crippen LogP contribution in [0.2, 0.25) is 0 Å². The van der Waals surface area contributed by atoms with E-state index in [0.717, 1.165) is 6.08 Å². The van der Waals surface area contributed by atoms with Gasteiger partial charge in [-0.05, 0) is 13.3 Å². The van der Waals surface area contributed by atoms with Crippen molar-refractivity contribution in [1.29, 1.82) is 0 Å². The van der Waals surface area contributed by atoms with Crippen LogP contribution in [0.25, 0.3) is 0 Å². The topological polar surface area (TPSA) is 26.3 Å². The van der Waals surface area contributed by atoms with Gasteiger partial charge < -0.3 is 4.74 Å². The van der Waals surface area contributed by atoms with Gasteiger partial charge >= 0.3 is 5.97 Å². The molecule has 0 N–H and O–H groups in total. The Balaban J connectivity index is 3.11. The van der Waals surface area contributed by atoms with Crippen molar-refractivity contribution in [2.45, 2.75) is 6.42 Å². The van der Waals surface area contributed by atoms with Gasteiger partial charge in [-0.15, -0.1) is 0 Å². The Morgan fingerprint density at radius 1 is 1.75 bits per heavy atom. The zero-order chi connectivity index (χ0) is 6.41. The van der Waals surface area contributed by atoms with Crippen LogP contribution in [-0.4, -0.2) is 12.6 Å². The number of carbonyl (C=O) groups is 1. The zero-order valence-electron chi connectivity index (χ0n) is 4.72. The van der Waals surface area contributed by atoms with Gasteiger partial charge in [0, 0.05) is 6.08 Å². The summed E-state index contributed by atoms with van der Waals surface area (Å²) in [4.78, 5) is 10.2. The lowest BCUT2D eigenvalue weighted by atomic mass is 10.5. The summed E-state index contributed by atoms with van der Waals surface area (Å²) in [6, 6.07) is 0. The molecule has 0 saturated heterocycles. The van der Waals surface area contributed by atoms with Gasteiger partial charge in [0.05, 0.1) is 6.61 Å². The van der Waals surface area contributed by atoms with Crippen molar-refractivity contribution in [1.82, 2.24) is 0 Å². The smallest absolute Gasteiger partial charge is 0.330 e. The Labute approximate surface area is 49.1 Å². The van der Waals surface area contributed by atoms with Crippen LogP contribution in [0.5, 0.6) is 0 Å². The number of hydrogen-bond donors (Lipinski definition) is 0. The molecule has 0 unspecified atom stereocenters. The molecule has 0 aromatic heterocycles. The van der Waals surface area contributed by atoms with Crippen LogP contribution in [0.1, 0.15) is 6.42 Å². The highest BCUT2D eigenvalue weighted by Crippen LogP contribution is 1.80. The molecule has 0 bridgehead atoms. The van der Waals surface area contributed by atoms with Gasteiger partial charge in [-0.2, -0.15) is 0 Å². The van der Waals surface area contributed by atoms with E-state index in [1.807, 2.05) is 0 Å². The van der Waals surface area contributed by atoms with E-state index in [-0.39, 0.29) is 5.97 Å². The van der Waals surface area contributed by atoms with Gasteiger partial charge in [0.2, 0.25) is 0 Å². The summed E-state index contributed by atoms with van der Waals surface area (Å²) >= 11 is 0. The molecule has 0 aromatic rings. The third-order valence-electron chi connectivity index (χ3n) is 0.555. The summed E-state index contributed by atoms with van der Waals surface area (Å²) in [6.45, 7) is 7.08. The summed E-state index contributed by atoms with van der Waals surface area (Å²) in [6.07, 6.45) is 1.75. The second-order valence-corrected chi connectivity index (χ2v) is 1.23. The average Bonchev–Trinajstić information content (AvgIpc) is 1.83. The van der Waals surface area contributed by atoms with Gasteiger partial charge in [0.15, 0.2) is 0 Å². The van der Waals surface area contributed by atoms with Crippen molar-refractivity contribution >= 4 is 5.97 Å². The highest BCUT2D eigenvalue weighted by atomic mass is 16.5. The van der Waals surface area contributed by atoms with Crippen molar-refractivity contribution in [3.05, 3.63) is 19.6 Å². The van der Waals surface area contributed by atoms with E-state index < -0.39 is 0 Å². The van der Waals surface area contributed by atoms with Crippen LogP contribution < -0.4 is 0 Å². The van der Waals surface area contributed by atoms with Crippen molar-refractivity contribution in [3.63, 3.8) is 0 Å². The van der Waals surface area contributed by atoms with Crippen LogP contribution in [0, 0.1) is 6.92 Å². The van der Waals surface area contributed by atoms with E-state index in [2.05, 4.69) is 18.2 Å². The average molecular weight is 113 g/mol. The predicted octanol–water partition coefficient (Wildman–Crippen LogP) is 0.940. The minimum absolute atomic E-state index is 0.380. The Morgan fingerprint density at radius 2 is 2.38 bits per heavy atom. The maximum Gasteiger partial charge on any atom is 0.330 e. The lowest BCUT2D eigenvalue weighted by Gasteiger charge is -1.94. The summed E-state index contributed by atoms with van der Waals surface area (Å²) in [5, 5.41) is 0. The van der Waals surface area contributed by atoms with Crippen molar-refractivity contribution in [2.75, 3.05) is 6.61 Å². The van der Waals surface area contributed by atoms with Crippen LogP contribution in [0.15, 0.2) is 12.7 Å². The molecule has 0 atom stereocenters. The quantitative estimate of drug-likeness (QED) is 0.402. The summed E-state index contributed by atoms with van der Waals surface area (Å²) in [7, 11) is 0. The predicted molar refractivity (Wildman–Crippen MR) is 31.1 cm³/mol. The lowest BCUT2D eigenvalue weighted by molar-refractivity contribution is -0.137. The van der Waals surface area contributed by atoms with Gasteiger partial charge in [0.1, 0.15) is 0 Å². The molecule has 1 radical (unpaired) electrons. The number of carbonyl (C=O) groups excluding carboxylic acids is 1. The third-order valence-corrected chi connectivity index (χ3v) is 0.555. The number of hydrogen-bond acceptors (Lipinski definition) is 2. The maximum absolute atomic E-state index is 10.2. The normalized spacial score (nSPS) is 8.12. The first-order valence-corrected chi connectivity index (χ1v) is 2.39. The Morgan fingerprint density at radius 3 is 2.75 bits per heavy atom. The molecule has 2 nitrogen and oxygen atoms in total. The summed E-state index contributed by atoms with van der Waals surface area (Å²) in [5.74, 6) is -0.381. The van der Waals surface area contributed by atoms with E-state index in [1.165, 1.54) is 0 Å². The standard InChI is InChI=1S/C6H9O2/c1-3-5-8-6(7)4-2/h4H,1-3,5H2. The van der Waals surface area contributed by atoms with E-state index >= 15 is 0 Å². The molecule has 0 spiro atoms. The summed E-state index contributed by atoms with van der Waals surface area (Å²) < 4.78 is 4.52. The first-order valence-electron chi connectivity index (χ1n) is 2.39.